The molecule has 1 heterocycles. The maximum absolute atomic E-state index is 12.0. The van der Waals surface area contributed by atoms with E-state index in [9.17, 15) is 9.90 Å². The molecule has 0 atom stereocenters. The van der Waals surface area contributed by atoms with Gasteiger partial charge in [0.25, 0.3) is 5.56 Å². The van der Waals surface area contributed by atoms with E-state index in [1.807, 2.05) is 38.1 Å². The zero-order valence-electron chi connectivity index (χ0n) is 10.7. The third kappa shape index (κ3) is 2.33. The number of benzene rings is 1. The molecule has 1 N–H and O–H groups in total. The van der Waals surface area contributed by atoms with Gasteiger partial charge in [0, 0.05) is 6.07 Å². The van der Waals surface area contributed by atoms with E-state index in [2.05, 4.69) is 5.10 Å². The summed E-state index contributed by atoms with van der Waals surface area (Å²) in [6.45, 7) is 3.76. The van der Waals surface area contributed by atoms with Crippen molar-refractivity contribution in [1.82, 2.24) is 9.78 Å². The average molecular weight is 255 g/mol. The van der Waals surface area contributed by atoms with Gasteiger partial charge in [0.2, 0.25) is 0 Å². The Morgan fingerprint density at radius 3 is 2.58 bits per heavy atom. The van der Waals surface area contributed by atoms with E-state index in [4.69, 9.17) is 5.26 Å². The zero-order valence-corrected chi connectivity index (χ0v) is 10.7. The summed E-state index contributed by atoms with van der Waals surface area (Å²) >= 11 is 0. The van der Waals surface area contributed by atoms with Crippen LogP contribution in [-0.4, -0.2) is 14.9 Å². The predicted molar refractivity (Wildman–Crippen MR) is 70.3 cm³/mol. The van der Waals surface area contributed by atoms with Crippen LogP contribution in [-0.2, 0) is 6.42 Å². The molecule has 0 aliphatic rings. The molecule has 0 spiro atoms. The summed E-state index contributed by atoms with van der Waals surface area (Å²) < 4.78 is 1.23. The van der Waals surface area contributed by atoms with E-state index in [0.29, 0.717) is 5.69 Å². The number of nitriles is 1. The Morgan fingerprint density at radius 2 is 2.00 bits per heavy atom. The Labute approximate surface area is 110 Å². The van der Waals surface area contributed by atoms with Gasteiger partial charge in [0.15, 0.2) is 0 Å². The fraction of sp³-hybridized carbons (Fsp3) is 0.214. The minimum Gasteiger partial charge on any atom is -0.506 e. The Bertz CT molecular complexity index is 706. The van der Waals surface area contributed by atoms with E-state index in [1.54, 1.807) is 0 Å². The molecule has 96 valence electrons. The lowest BCUT2D eigenvalue weighted by atomic mass is 10.1. The van der Waals surface area contributed by atoms with Gasteiger partial charge in [-0.2, -0.15) is 15.0 Å². The van der Waals surface area contributed by atoms with Crippen LogP contribution in [0.5, 0.6) is 5.75 Å². The number of aryl methyl sites for hydroxylation is 2. The highest BCUT2D eigenvalue weighted by Crippen LogP contribution is 2.18. The molecule has 0 saturated heterocycles. The van der Waals surface area contributed by atoms with Gasteiger partial charge in [-0.3, -0.25) is 4.79 Å². The second kappa shape index (κ2) is 4.94. The first-order chi connectivity index (χ1) is 9.04. The van der Waals surface area contributed by atoms with Crippen LogP contribution in [0.3, 0.4) is 0 Å². The van der Waals surface area contributed by atoms with Crippen molar-refractivity contribution >= 4 is 0 Å². The topological polar surface area (TPSA) is 78.9 Å². The van der Waals surface area contributed by atoms with Crippen molar-refractivity contribution in [3.8, 4) is 17.5 Å². The van der Waals surface area contributed by atoms with Crippen LogP contribution in [0.15, 0.2) is 29.1 Å². The standard InChI is InChI=1S/C14H13N3O2/c1-9-4-3-5-10(2)14(9)17-13(19)8-12(18)11(16-17)6-7-15/h3-5,8,18H,6H2,1-2H3. The molecule has 1 aromatic heterocycles. The van der Waals surface area contributed by atoms with Crippen molar-refractivity contribution in [2.45, 2.75) is 20.3 Å². The van der Waals surface area contributed by atoms with Crippen LogP contribution in [0.2, 0.25) is 0 Å². The highest BCUT2D eigenvalue weighted by Gasteiger charge is 2.12. The SMILES string of the molecule is Cc1cccc(C)c1-n1nc(CC#N)c(O)cc1=O. The maximum atomic E-state index is 12.0. The van der Waals surface area contributed by atoms with Crippen LogP contribution in [0, 0.1) is 25.2 Å². The molecule has 0 aliphatic carbocycles. The minimum absolute atomic E-state index is 0.0446. The van der Waals surface area contributed by atoms with Gasteiger partial charge < -0.3 is 5.11 Å². The Morgan fingerprint density at radius 1 is 1.37 bits per heavy atom. The average Bonchev–Trinajstić information content (AvgIpc) is 2.34. The summed E-state index contributed by atoms with van der Waals surface area (Å²) in [5.41, 5.74) is 2.28. The van der Waals surface area contributed by atoms with E-state index in [1.165, 1.54) is 4.68 Å². The summed E-state index contributed by atoms with van der Waals surface area (Å²) in [5, 5.41) is 22.4. The Kier molecular flexibility index (Phi) is 3.34. The maximum Gasteiger partial charge on any atom is 0.275 e. The molecular weight excluding hydrogens is 242 g/mol. The minimum atomic E-state index is -0.420. The van der Waals surface area contributed by atoms with Crippen molar-refractivity contribution in [3.63, 3.8) is 0 Å². The van der Waals surface area contributed by atoms with Gasteiger partial charge in [-0.25, -0.2) is 0 Å². The number of aromatic hydroxyl groups is 1. The number of nitrogens with zero attached hydrogens (tertiary/aromatic N) is 3. The lowest BCUT2D eigenvalue weighted by molar-refractivity contribution is 0.459. The molecule has 5 heteroatoms. The molecular formula is C14H13N3O2. The van der Waals surface area contributed by atoms with Crippen LogP contribution >= 0.6 is 0 Å². The smallest absolute Gasteiger partial charge is 0.275 e. The molecule has 0 bridgehead atoms. The highest BCUT2D eigenvalue weighted by atomic mass is 16.3. The summed E-state index contributed by atoms with van der Waals surface area (Å²) in [4.78, 5) is 12.0. The second-order valence-electron chi connectivity index (χ2n) is 4.30. The molecule has 0 aliphatic heterocycles. The van der Waals surface area contributed by atoms with Gasteiger partial charge in [-0.05, 0) is 25.0 Å². The monoisotopic (exact) mass is 255 g/mol. The molecule has 19 heavy (non-hydrogen) atoms. The predicted octanol–water partition coefficient (Wildman–Crippen LogP) is 1.62. The molecule has 0 amide bonds. The molecule has 0 fully saturated rings. The largest absolute Gasteiger partial charge is 0.506 e. The fourth-order valence-electron chi connectivity index (χ4n) is 1.98. The van der Waals surface area contributed by atoms with Crippen LogP contribution in [0.25, 0.3) is 5.69 Å². The first-order valence-electron chi connectivity index (χ1n) is 5.80. The number of para-hydroxylation sites is 1. The van der Waals surface area contributed by atoms with Gasteiger partial charge >= 0.3 is 0 Å². The molecule has 1 aromatic carbocycles. The third-order valence-electron chi connectivity index (χ3n) is 2.88. The fourth-order valence-corrected chi connectivity index (χ4v) is 1.98. The Balaban J connectivity index is 2.73. The third-order valence-corrected chi connectivity index (χ3v) is 2.88. The highest BCUT2D eigenvalue weighted by molar-refractivity contribution is 5.46. The van der Waals surface area contributed by atoms with Crippen LogP contribution < -0.4 is 5.56 Å². The number of hydrogen-bond acceptors (Lipinski definition) is 4. The van der Waals surface area contributed by atoms with Crippen LogP contribution in [0.1, 0.15) is 16.8 Å². The van der Waals surface area contributed by atoms with E-state index < -0.39 is 5.56 Å². The van der Waals surface area contributed by atoms with Crippen molar-refractivity contribution in [2.24, 2.45) is 0 Å². The summed E-state index contributed by atoms with van der Waals surface area (Å²) in [6.07, 6.45) is -0.0446. The summed E-state index contributed by atoms with van der Waals surface area (Å²) in [5.74, 6) is -0.242. The van der Waals surface area contributed by atoms with Gasteiger partial charge in [-0.1, -0.05) is 18.2 Å². The van der Waals surface area contributed by atoms with Gasteiger partial charge in [0.05, 0.1) is 18.2 Å². The lowest BCUT2D eigenvalue weighted by Crippen LogP contribution is -2.23. The number of rotatable bonds is 2. The van der Waals surface area contributed by atoms with Crippen molar-refractivity contribution in [2.75, 3.05) is 0 Å². The van der Waals surface area contributed by atoms with Crippen molar-refractivity contribution in [1.29, 1.82) is 5.26 Å². The van der Waals surface area contributed by atoms with Gasteiger partial charge in [0.1, 0.15) is 11.4 Å². The number of aromatic nitrogens is 2. The van der Waals surface area contributed by atoms with E-state index >= 15 is 0 Å². The van der Waals surface area contributed by atoms with Gasteiger partial charge in [-0.15, -0.1) is 0 Å². The van der Waals surface area contributed by atoms with E-state index in [-0.39, 0.29) is 17.9 Å². The molecule has 0 radical (unpaired) electrons. The van der Waals surface area contributed by atoms with E-state index in [0.717, 1.165) is 17.2 Å². The molecule has 0 unspecified atom stereocenters. The normalized spacial score (nSPS) is 10.2. The first kappa shape index (κ1) is 12.8. The summed E-state index contributed by atoms with van der Waals surface area (Å²) in [7, 11) is 0. The first-order valence-corrected chi connectivity index (χ1v) is 5.80. The number of hydrogen-bond donors (Lipinski definition) is 1. The molecule has 0 saturated carbocycles. The molecule has 2 aromatic rings. The molecule has 2 rings (SSSR count). The van der Waals surface area contributed by atoms with Crippen molar-refractivity contribution in [3.05, 3.63) is 51.4 Å². The van der Waals surface area contributed by atoms with Crippen molar-refractivity contribution < 1.29 is 5.11 Å². The Hall–Kier alpha value is -2.61. The van der Waals surface area contributed by atoms with Crippen LogP contribution in [0.4, 0.5) is 0 Å². The lowest BCUT2D eigenvalue weighted by Gasteiger charge is -2.12. The quantitative estimate of drug-likeness (QED) is 0.884. The molecule has 5 nitrogen and oxygen atoms in total. The second-order valence-corrected chi connectivity index (χ2v) is 4.30. The zero-order chi connectivity index (χ0) is 14.0. The summed E-state index contributed by atoms with van der Waals surface area (Å²) in [6, 6.07) is 8.67.